The van der Waals surface area contributed by atoms with E-state index in [1.54, 1.807) is 6.33 Å². The third-order valence-corrected chi connectivity index (χ3v) is 3.43. The lowest BCUT2D eigenvalue weighted by Gasteiger charge is -2.23. The van der Waals surface area contributed by atoms with E-state index in [2.05, 4.69) is 26.2 Å². The summed E-state index contributed by atoms with van der Waals surface area (Å²) < 4.78 is 7.76. The van der Waals surface area contributed by atoms with E-state index in [0.717, 1.165) is 37.0 Å². The Bertz CT molecular complexity index is 639. The smallest absolute Gasteiger partial charge is 0.167 e. The van der Waals surface area contributed by atoms with Crippen LogP contribution >= 0.6 is 0 Å². The van der Waals surface area contributed by atoms with E-state index in [-0.39, 0.29) is 12.3 Å². The number of hydrogen-bond acceptors (Lipinski definition) is 5. The molecule has 0 radical (unpaired) electrons. The van der Waals surface area contributed by atoms with Crippen LogP contribution in [0.25, 0.3) is 11.2 Å². The van der Waals surface area contributed by atoms with Crippen molar-refractivity contribution in [1.29, 1.82) is 0 Å². The minimum absolute atomic E-state index is 0.0153. The summed E-state index contributed by atoms with van der Waals surface area (Å²) in [5.74, 6) is 3.28. The monoisotopic (exact) mass is 271 g/mol. The van der Waals surface area contributed by atoms with Crippen molar-refractivity contribution in [1.82, 2.24) is 19.5 Å². The van der Waals surface area contributed by atoms with Crippen LogP contribution in [0.2, 0.25) is 0 Å². The molecule has 1 aliphatic rings. The maximum Gasteiger partial charge on any atom is 0.167 e. The lowest BCUT2D eigenvalue weighted by molar-refractivity contribution is -0.0298. The third kappa shape index (κ3) is 2.32. The van der Waals surface area contributed by atoms with Crippen molar-refractivity contribution < 1.29 is 4.74 Å². The summed E-state index contributed by atoms with van der Waals surface area (Å²) in [4.78, 5) is 13.0. The molecular formula is C14H17N5O. The van der Waals surface area contributed by atoms with Gasteiger partial charge in [-0.2, -0.15) is 0 Å². The third-order valence-electron chi connectivity index (χ3n) is 3.43. The molecule has 3 heterocycles. The minimum Gasteiger partial charge on any atom is -0.358 e. The summed E-state index contributed by atoms with van der Waals surface area (Å²) >= 11 is 0. The molecule has 3 rings (SSSR count). The highest BCUT2D eigenvalue weighted by molar-refractivity contribution is 5.82. The second-order valence-corrected chi connectivity index (χ2v) is 4.90. The predicted octanol–water partition coefficient (Wildman–Crippen LogP) is 1.96. The second-order valence-electron chi connectivity index (χ2n) is 4.90. The molecule has 0 aliphatic carbocycles. The molecule has 1 aliphatic heterocycles. The average Bonchev–Trinajstić information content (AvgIpc) is 2.93. The molecule has 1 fully saturated rings. The zero-order valence-electron chi connectivity index (χ0n) is 11.4. The minimum atomic E-state index is -0.107. The van der Waals surface area contributed by atoms with Gasteiger partial charge in [0.2, 0.25) is 0 Å². The zero-order valence-corrected chi connectivity index (χ0v) is 11.4. The molecule has 104 valence electrons. The maximum atomic E-state index is 5.78. The molecule has 0 aromatic carbocycles. The molecular weight excluding hydrogens is 254 g/mol. The van der Waals surface area contributed by atoms with Gasteiger partial charge in [0.05, 0.1) is 12.4 Å². The summed E-state index contributed by atoms with van der Waals surface area (Å²) in [5.41, 5.74) is 1.50. The number of ether oxygens (including phenoxy) is 1. The Morgan fingerprint density at radius 3 is 3.10 bits per heavy atom. The fraction of sp³-hybridized carbons (Fsp3) is 0.500. The van der Waals surface area contributed by atoms with Crippen molar-refractivity contribution in [2.45, 2.75) is 38.5 Å². The van der Waals surface area contributed by atoms with Gasteiger partial charge in [0.25, 0.3) is 0 Å². The second kappa shape index (κ2) is 5.47. The molecule has 0 spiro atoms. The Hall–Kier alpha value is -2.13. The number of nitrogens with one attached hydrogen (secondary N) is 1. The molecule has 2 unspecified atom stereocenters. The fourth-order valence-electron chi connectivity index (χ4n) is 2.36. The molecule has 1 saturated heterocycles. The molecule has 2 atom stereocenters. The van der Waals surface area contributed by atoms with Crippen LogP contribution in [0.15, 0.2) is 12.7 Å². The Morgan fingerprint density at radius 1 is 1.45 bits per heavy atom. The van der Waals surface area contributed by atoms with Gasteiger partial charge in [-0.1, -0.05) is 5.92 Å². The first-order valence-corrected chi connectivity index (χ1v) is 6.81. The first-order chi connectivity index (χ1) is 9.79. The van der Waals surface area contributed by atoms with Crippen molar-refractivity contribution in [3.8, 4) is 12.3 Å². The molecule has 0 amide bonds. The van der Waals surface area contributed by atoms with Crippen LogP contribution in [0.1, 0.15) is 32.4 Å². The number of anilines is 1. The van der Waals surface area contributed by atoms with Gasteiger partial charge >= 0.3 is 0 Å². The van der Waals surface area contributed by atoms with Gasteiger partial charge < -0.3 is 10.1 Å². The quantitative estimate of drug-likeness (QED) is 0.864. The topological polar surface area (TPSA) is 64.9 Å². The standard InChI is InChI=1S/C14H17N5O/c1-3-10(2)18-13-12-14(16-8-15-13)19(9-17-12)11-6-4-5-7-20-11/h1,8-11H,4-7H2,2H3,(H,15,16,18). The van der Waals surface area contributed by atoms with Gasteiger partial charge in [-0.25, -0.2) is 15.0 Å². The molecule has 1 N–H and O–H groups in total. The molecule has 6 heteroatoms. The van der Waals surface area contributed by atoms with E-state index < -0.39 is 0 Å². The van der Waals surface area contributed by atoms with Crippen molar-refractivity contribution in [3.05, 3.63) is 12.7 Å². The molecule has 6 nitrogen and oxygen atoms in total. The lowest BCUT2D eigenvalue weighted by atomic mass is 10.2. The van der Waals surface area contributed by atoms with E-state index >= 15 is 0 Å². The maximum absolute atomic E-state index is 5.78. The highest BCUT2D eigenvalue weighted by Gasteiger charge is 2.20. The number of fused-ring (bicyclic) bond motifs is 1. The summed E-state index contributed by atoms with van der Waals surface area (Å²) in [7, 11) is 0. The molecule has 0 saturated carbocycles. The number of hydrogen-bond donors (Lipinski definition) is 1. The van der Waals surface area contributed by atoms with E-state index in [0.29, 0.717) is 5.82 Å². The van der Waals surface area contributed by atoms with Gasteiger partial charge in [0.1, 0.15) is 12.6 Å². The lowest BCUT2D eigenvalue weighted by Crippen LogP contribution is -2.18. The van der Waals surface area contributed by atoms with E-state index in [1.807, 2.05) is 11.5 Å². The van der Waals surface area contributed by atoms with Crippen molar-refractivity contribution in [2.24, 2.45) is 0 Å². The molecule has 2 aromatic rings. The number of imidazole rings is 1. The number of terminal acetylenes is 1. The van der Waals surface area contributed by atoms with Gasteiger partial charge in [-0.05, 0) is 26.2 Å². The summed E-state index contributed by atoms with van der Waals surface area (Å²) in [6.45, 7) is 2.68. The van der Waals surface area contributed by atoms with Crippen molar-refractivity contribution in [3.63, 3.8) is 0 Å². The van der Waals surface area contributed by atoms with Crippen LogP contribution < -0.4 is 5.32 Å². The van der Waals surface area contributed by atoms with Gasteiger partial charge in [-0.15, -0.1) is 6.42 Å². The molecule has 2 aromatic heterocycles. The van der Waals surface area contributed by atoms with Gasteiger partial charge in [0, 0.05) is 6.61 Å². The first kappa shape index (κ1) is 12.9. The Labute approximate surface area is 117 Å². The van der Waals surface area contributed by atoms with E-state index in [1.165, 1.54) is 6.33 Å². The van der Waals surface area contributed by atoms with Gasteiger partial charge in [0.15, 0.2) is 17.0 Å². The van der Waals surface area contributed by atoms with Crippen LogP contribution in [-0.2, 0) is 4.74 Å². The zero-order chi connectivity index (χ0) is 13.9. The van der Waals surface area contributed by atoms with Crippen molar-refractivity contribution >= 4 is 17.0 Å². The van der Waals surface area contributed by atoms with Crippen LogP contribution in [0.5, 0.6) is 0 Å². The molecule has 0 bridgehead atoms. The van der Waals surface area contributed by atoms with Crippen molar-refractivity contribution in [2.75, 3.05) is 11.9 Å². The first-order valence-electron chi connectivity index (χ1n) is 6.81. The van der Waals surface area contributed by atoms with E-state index in [4.69, 9.17) is 11.2 Å². The van der Waals surface area contributed by atoms with E-state index in [9.17, 15) is 0 Å². The van der Waals surface area contributed by atoms with Gasteiger partial charge in [-0.3, -0.25) is 4.57 Å². The number of nitrogens with zero attached hydrogens (tertiary/aromatic N) is 4. The van der Waals surface area contributed by atoms with Crippen LogP contribution in [-0.4, -0.2) is 32.2 Å². The number of rotatable bonds is 3. The largest absolute Gasteiger partial charge is 0.358 e. The number of aromatic nitrogens is 4. The van der Waals surface area contributed by atoms with Crippen LogP contribution in [0.4, 0.5) is 5.82 Å². The highest BCUT2D eigenvalue weighted by Crippen LogP contribution is 2.27. The summed E-state index contributed by atoms with van der Waals surface area (Å²) in [6, 6.07) is -0.107. The average molecular weight is 271 g/mol. The Kier molecular flexibility index (Phi) is 3.52. The summed E-state index contributed by atoms with van der Waals surface area (Å²) in [6.07, 6.45) is 11.9. The predicted molar refractivity (Wildman–Crippen MR) is 76.1 cm³/mol. The Balaban J connectivity index is 1.96. The fourth-order valence-corrected chi connectivity index (χ4v) is 2.36. The highest BCUT2D eigenvalue weighted by atomic mass is 16.5. The van der Waals surface area contributed by atoms with Crippen LogP contribution in [0.3, 0.4) is 0 Å². The molecule has 20 heavy (non-hydrogen) atoms. The SMILES string of the molecule is C#CC(C)Nc1ncnc2c1ncn2C1CCCCO1. The normalized spacial score (nSPS) is 20.5. The summed E-state index contributed by atoms with van der Waals surface area (Å²) in [5, 5.41) is 3.15. The Morgan fingerprint density at radius 2 is 2.35 bits per heavy atom. The van der Waals surface area contributed by atoms with Crippen LogP contribution in [0, 0.1) is 12.3 Å².